The van der Waals surface area contributed by atoms with E-state index in [1.807, 2.05) is 0 Å². The van der Waals surface area contributed by atoms with Crippen LogP contribution in [0.5, 0.6) is 0 Å². The summed E-state index contributed by atoms with van der Waals surface area (Å²) < 4.78 is 0. The lowest BCUT2D eigenvalue weighted by atomic mass is 10.00. The van der Waals surface area contributed by atoms with Crippen molar-refractivity contribution in [2.75, 3.05) is 0 Å². The van der Waals surface area contributed by atoms with Gasteiger partial charge in [-0.05, 0) is 11.1 Å². The summed E-state index contributed by atoms with van der Waals surface area (Å²) in [5, 5.41) is 11.4. The van der Waals surface area contributed by atoms with Crippen LogP contribution in [0.3, 0.4) is 0 Å². The summed E-state index contributed by atoms with van der Waals surface area (Å²) >= 11 is 0. The van der Waals surface area contributed by atoms with Crippen LogP contribution in [0.1, 0.15) is 18.9 Å². The zero-order valence-corrected chi connectivity index (χ0v) is 10.3. The summed E-state index contributed by atoms with van der Waals surface area (Å²) in [6.45, 7) is 1.19. The first-order chi connectivity index (χ1) is 8.91. The highest BCUT2D eigenvalue weighted by Crippen LogP contribution is 2.21. The fourth-order valence-corrected chi connectivity index (χ4v) is 1.58. The minimum absolute atomic E-state index is 0.177. The topological polar surface area (TPSA) is 109 Å². The average molecular weight is 262 g/mol. The molecule has 0 aliphatic rings. The van der Waals surface area contributed by atoms with Gasteiger partial charge >= 0.3 is 5.97 Å². The molecule has 0 bridgehead atoms. The molecule has 0 fully saturated rings. The lowest BCUT2D eigenvalue weighted by Crippen LogP contribution is -2.27. The van der Waals surface area contributed by atoms with E-state index in [1.165, 1.54) is 6.92 Å². The van der Waals surface area contributed by atoms with Crippen LogP contribution in [0.4, 0.5) is 0 Å². The minimum atomic E-state index is -1.32. The Morgan fingerprint density at radius 1 is 1.21 bits per heavy atom. The number of benzene rings is 1. The van der Waals surface area contributed by atoms with Crippen LogP contribution in [-0.4, -0.2) is 22.9 Å². The number of carboxylic acids is 1. The maximum absolute atomic E-state index is 11.2. The predicted octanol–water partition coefficient (Wildman–Crippen LogP) is 0.494. The van der Waals surface area contributed by atoms with Gasteiger partial charge in [0.05, 0.1) is 6.42 Å². The van der Waals surface area contributed by atoms with Crippen LogP contribution in [0.25, 0.3) is 5.57 Å². The van der Waals surface area contributed by atoms with Gasteiger partial charge in [-0.2, -0.15) is 0 Å². The molecule has 0 heterocycles. The van der Waals surface area contributed by atoms with Crippen molar-refractivity contribution in [1.29, 1.82) is 0 Å². The first kappa shape index (κ1) is 14.4. The zero-order chi connectivity index (χ0) is 14.4. The van der Waals surface area contributed by atoms with Gasteiger partial charge in [0.15, 0.2) is 0 Å². The quantitative estimate of drug-likeness (QED) is 0.671. The van der Waals surface area contributed by atoms with Crippen LogP contribution >= 0.6 is 0 Å². The van der Waals surface area contributed by atoms with E-state index in [2.05, 4.69) is 5.32 Å². The van der Waals surface area contributed by atoms with Crippen LogP contribution in [-0.2, 0) is 14.4 Å². The van der Waals surface area contributed by atoms with Gasteiger partial charge in [-0.1, -0.05) is 30.3 Å². The van der Waals surface area contributed by atoms with Crippen molar-refractivity contribution < 1.29 is 19.5 Å². The molecule has 0 aliphatic heterocycles. The first-order valence-corrected chi connectivity index (χ1v) is 5.49. The molecule has 6 nitrogen and oxygen atoms in total. The van der Waals surface area contributed by atoms with Gasteiger partial charge < -0.3 is 16.2 Å². The summed E-state index contributed by atoms with van der Waals surface area (Å²) in [6.07, 6.45) is -0.272. The number of rotatable bonds is 5. The van der Waals surface area contributed by atoms with Crippen molar-refractivity contribution in [3.8, 4) is 0 Å². The summed E-state index contributed by atoms with van der Waals surface area (Å²) in [5.41, 5.74) is 5.48. The van der Waals surface area contributed by atoms with Crippen molar-refractivity contribution >= 4 is 23.4 Å². The van der Waals surface area contributed by atoms with Crippen LogP contribution < -0.4 is 11.1 Å². The number of aliphatic carboxylic acids is 1. The normalized spacial score (nSPS) is 11.4. The number of carbonyl (C=O) groups excluding carboxylic acids is 2. The zero-order valence-electron chi connectivity index (χ0n) is 10.3. The molecular weight excluding hydrogens is 248 g/mol. The molecule has 0 saturated heterocycles. The Kier molecular flexibility index (Phi) is 4.82. The van der Waals surface area contributed by atoms with Crippen molar-refractivity contribution in [2.24, 2.45) is 5.73 Å². The Balaban J connectivity index is 3.37. The van der Waals surface area contributed by atoms with Gasteiger partial charge in [-0.3, -0.25) is 9.59 Å². The minimum Gasteiger partial charge on any atom is -0.477 e. The Labute approximate surface area is 109 Å². The third kappa shape index (κ3) is 4.27. The number of primary amides is 1. The van der Waals surface area contributed by atoms with Gasteiger partial charge in [0.25, 0.3) is 0 Å². The third-order valence-electron chi connectivity index (χ3n) is 2.29. The Morgan fingerprint density at radius 3 is 2.21 bits per heavy atom. The number of amides is 2. The van der Waals surface area contributed by atoms with Crippen molar-refractivity contribution in [3.05, 3.63) is 41.6 Å². The van der Waals surface area contributed by atoms with Crippen molar-refractivity contribution in [1.82, 2.24) is 5.32 Å². The number of nitrogens with one attached hydrogen (secondary N) is 1. The molecule has 0 unspecified atom stereocenters. The summed E-state index contributed by atoms with van der Waals surface area (Å²) in [5.74, 6) is -2.53. The largest absolute Gasteiger partial charge is 0.477 e. The predicted molar refractivity (Wildman–Crippen MR) is 68.6 cm³/mol. The van der Waals surface area contributed by atoms with Crippen LogP contribution in [0, 0.1) is 0 Å². The highest BCUT2D eigenvalue weighted by molar-refractivity contribution is 6.03. The molecule has 0 aromatic heterocycles. The average Bonchev–Trinajstić information content (AvgIpc) is 2.33. The van der Waals surface area contributed by atoms with Crippen LogP contribution in [0.2, 0.25) is 0 Å². The second-order valence-corrected chi connectivity index (χ2v) is 3.85. The molecule has 2 amide bonds. The summed E-state index contributed by atoms with van der Waals surface area (Å²) in [4.78, 5) is 33.3. The highest BCUT2D eigenvalue weighted by atomic mass is 16.4. The molecule has 1 rings (SSSR count). The van der Waals surface area contributed by atoms with E-state index in [4.69, 9.17) is 10.8 Å². The SMILES string of the molecule is CC(=O)N/C(C(=O)O)=C(/CC(N)=O)c1ccccc1. The highest BCUT2D eigenvalue weighted by Gasteiger charge is 2.18. The first-order valence-electron chi connectivity index (χ1n) is 5.49. The molecule has 0 aliphatic carbocycles. The fourth-order valence-electron chi connectivity index (χ4n) is 1.58. The van der Waals surface area contributed by atoms with E-state index in [9.17, 15) is 14.4 Å². The fraction of sp³-hybridized carbons (Fsp3) is 0.154. The van der Waals surface area contributed by atoms with Gasteiger partial charge in [-0.15, -0.1) is 0 Å². The van der Waals surface area contributed by atoms with Crippen molar-refractivity contribution in [2.45, 2.75) is 13.3 Å². The van der Waals surface area contributed by atoms with E-state index >= 15 is 0 Å². The molecule has 100 valence electrons. The van der Waals surface area contributed by atoms with E-state index in [1.54, 1.807) is 30.3 Å². The molecule has 0 spiro atoms. The standard InChI is InChI=1S/C13H14N2O4/c1-8(16)15-12(13(18)19)10(7-11(14)17)9-5-3-2-4-6-9/h2-6H,7H2,1H3,(H2,14,17)(H,15,16)(H,18,19)/b12-10-. The summed E-state index contributed by atoms with van der Waals surface area (Å²) in [6, 6.07) is 8.43. The molecule has 1 aromatic carbocycles. The van der Waals surface area contributed by atoms with Gasteiger partial charge in [0.1, 0.15) is 5.70 Å². The molecular formula is C13H14N2O4. The lowest BCUT2D eigenvalue weighted by molar-refractivity contribution is -0.134. The molecule has 0 atom stereocenters. The second kappa shape index (κ2) is 6.34. The number of hydrogen-bond donors (Lipinski definition) is 3. The number of carboxylic acid groups (broad SMARTS) is 1. The second-order valence-electron chi connectivity index (χ2n) is 3.85. The van der Waals surface area contributed by atoms with Crippen LogP contribution in [0.15, 0.2) is 36.0 Å². The number of hydrogen-bond acceptors (Lipinski definition) is 3. The smallest absolute Gasteiger partial charge is 0.352 e. The molecule has 19 heavy (non-hydrogen) atoms. The third-order valence-corrected chi connectivity index (χ3v) is 2.29. The molecule has 1 aromatic rings. The monoisotopic (exact) mass is 262 g/mol. The molecule has 0 saturated carbocycles. The maximum atomic E-state index is 11.2. The Hall–Kier alpha value is -2.63. The number of carbonyl (C=O) groups is 3. The Morgan fingerprint density at radius 2 is 1.79 bits per heavy atom. The maximum Gasteiger partial charge on any atom is 0.352 e. The lowest BCUT2D eigenvalue weighted by Gasteiger charge is -2.11. The van der Waals surface area contributed by atoms with E-state index < -0.39 is 17.8 Å². The number of nitrogens with two attached hydrogens (primary N) is 1. The molecule has 0 radical (unpaired) electrons. The Bertz CT molecular complexity index is 535. The van der Waals surface area contributed by atoms with E-state index in [0.717, 1.165) is 0 Å². The van der Waals surface area contributed by atoms with E-state index in [0.29, 0.717) is 5.56 Å². The van der Waals surface area contributed by atoms with E-state index in [-0.39, 0.29) is 17.7 Å². The van der Waals surface area contributed by atoms with Gasteiger partial charge in [-0.25, -0.2) is 4.79 Å². The van der Waals surface area contributed by atoms with Gasteiger partial charge in [0.2, 0.25) is 11.8 Å². The molecule has 6 heteroatoms. The molecule has 4 N–H and O–H groups in total. The van der Waals surface area contributed by atoms with Gasteiger partial charge in [0, 0.05) is 6.92 Å². The summed E-state index contributed by atoms with van der Waals surface area (Å²) in [7, 11) is 0. The van der Waals surface area contributed by atoms with Crippen molar-refractivity contribution in [3.63, 3.8) is 0 Å².